The van der Waals surface area contributed by atoms with Crippen LogP contribution in [0.15, 0.2) is 41.7 Å². The second-order valence-electron chi connectivity index (χ2n) is 8.43. The predicted molar refractivity (Wildman–Crippen MR) is 125 cm³/mol. The zero-order valence-electron chi connectivity index (χ0n) is 18.8. The van der Waals surface area contributed by atoms with Gasteiger partial charge in [0.25, 0.3) is 8.40 Å². The van der Waals surface area contributed by atoms with Crippen LogP contribution >= 0.6 is 0 Å². The number of hydrogen-bond donors (Lipinski definition) is 0. The molecule has 0 N–H and O–H groups in total. The Bertz CT molecular complexity index is 634. The van der Waals surface area contributed by atoms with E-state index in [0.29, 0.717) is 0 Å². The number of rotatable bonds is 7. The molecular weight excluding hydrogens is 396 g/mol. The van der Waals surface area contributed by atoms with E-state index in [4.69, 9.17) is 8.85 Å². The fourth-order valence-electron chi connectivity index (χ4n) is 4.34. The molecule has 29 heavy (non-hydrogen) atoms. The minimum Gasteiger partial charge on any atom is -0.395 e. The highest BCUT2D eigenvalue weighted by Gasteiger charge is 2.47. The van der Waals surface area contributed by atoms with E-state index in [0.717, 1.165) is 52.4 Å². The van der Waals surface area contributed by atoms with Crippen molar-refractivity contribution in [2.75, 3.05) is 80.7 Å². The van der Waals surface area contributed by atoms with Crippen molar-refractivity contribution in [1.82, 2.24) is 18.9 Å². The van der Waals surface area contributed by atoms with Crippen molar-refractivity contribution in [2.45, 2.75) is 6.55 Å². The molecule has 2 fully saturated rings. The summed E-state index contributed by atoms with van der Waals surface area (Å²) in [5, 5.41) is 1.47. The lowest BCUT2D eigenvalue weighted by Crippen LogP contribution is -2.76. The smallest absolute Gasteiger partial charge is 0.360 e. The first-order valence-corrected chi connectivity index (χ1v) is 15.0. The third kappa shape index (κ3) is 5.08. The van der Waals surface area contributed by atoms with Crippen molar-refractivity contribution >= 4 is 22.1 Å². The van der Waals surface area contributed by atoms with E-state index in [1.165, 1.54) is 5.19 Å². The Labute approximate surface area is 179 Å². The number of nitrogens with zero attached hydrogens (tertiary/aromatic N) is 4. The topological polar surface area (TPSA) is 31.4 Å². The maximum absolute atomic E-state index is 5.83. The molecule has 2 aliphatic heterocycles. The SMILES string of the molecule is CO[Si](C)(C=C[Si](c1ccccc1)(N1CCN(C)CC1)N1CCN(C)CC1)OC. The van der Waals surface area contributed by atoms with Gasteiger partial charge in [0.1, 0.15) is 0 Å². The van der Waals surface area contributed by atoms with Crippen molar-refractivity contribution in [3.63, 3.8) is 0 Å². The molecule has 8 heteroatoms. The van der Waals surface area contributed by atoms with Crippen LogP contribution in [0.1, 0.15) is 0 Å². The highest BCUT2D eigenvalue weighted by Crippen LogP contribution is 2.23. The second-order valence-corrected chi connectivity index (χ2v) is 15.2. The van der Waals surface area contributed by atoms with E-state index >= 15 is 0 Å². The first-order valence-electron chi connectivity index (χ1n) is 10.7. The van der Waals surface area contributed by atoms with Gasteiger partial charge in [0.15, 0.2) is 0 Å². The van der Waals surface area contributed by atoms with Crippen LogP contribution in [0.5, 0.6) is 0 Å². The summed E-state index contributed by atoms with van der Waals surface area (Å²) >= 11 is 0. The summed E-state index contributed by atoms with van der Waals surface area (Å²) in [6.07, 6.45) is 0. The molecule has 2 heterocycles. The summed E-state index contributed by atoms with van der Waals surface area (Å²) < 4.78 is 17.2. The van der Waals surface area contributed by atoms with E-state index < -0.39 is 17.0 Å². The van der Waals surface area contributed by atoms with Crippen molar-refractivity contribution in [3.05, 3.63) is 41.7 Å². The molecule has 0 unspecified atom stereocenters. The Morgan fingerprint density at radius 2 is 1.17 bits per heavy atom. The molecule has 3 rings (SSSR count). The summed E-state index contributed by atoms with van der Waals surface area (Å²) in [7, 11) is 3.43. The molecule has 162 valence electrons. The summed E-state index contributed by atoms with van der Waals surface area (Å²) in [6, 6.07) is 11.2. The number of piperazine rings is 2. The normalized spacial score (nSPS) is 21.8. The minimum absolute atomic E-state index is 1.10. The van der Waals surface area contributed by atoms with Crippen LogP contribution in [0, 0.1) is 0 Å². The van der Waals surface area contributed by atoms with E-state index in [1.807, 2.05) is 0 Å². The van der Waals surface area contributed by atoms with Crippen LogP contribution in [-0.2, 0) is 8.85 Å². The van der Waals surface area contributed by atoms with Gasteiger partial charge in [0, 0.05) is 66.6 Å². The first-order chi connectivity index (χ1) is 13.9. The van der Waals surface area contributed by atoms with E-state index in [9.17, 15) is 0 Å². The number of hydrogen-bond acceptors (Lipinski definition) is 6. The van der Waals surface area contributed by atoms with Gasteiger partial charge in [-0.05, 0) is 31.5 Å². The lowest BCUT2D eigenvalue weighted by Gasteiger charge is -2.52. The Hall–Kier alpha value is -0.846. The molecule has 0 spiro atoms. The summed E-state index contributed by atoms with van der Waals surface area (Å²) in [5.41, 5.74) is 4.82. The van der Waals surface area contributed by atoms with Gasteiger partial charge in [0.05, 0.1) is 0 Å². The monoisotopic (exact) mass is 434 g/mol. The van der Waals surface area contributed by atoms with Gasteiger partial charge >= 0.3 is 8.56 Å². The van der Waals surface area contributed by atoms with Gasteiger partial charge in [-0.15, -0.1) is 0 Å². The predicted octanol–water partition coefficient (Wildman–Crippen LogP) is 0.830. The quantitative estimate of drug-likeness (QED) is 0.591. The van der Waals surface area contributed by atoms with Crippen molar-refractivity contribution < 1.29 is 8.85 Å². The molecule has 0 radical (unpaired) electrons. The fraction of sp³-hybridized carbons (Fsp3) is 0.619. The molecule has 2 saturated heterocycles. The van der Waals surface area contributed by atoms with Gasteiger partial charge in [-0.2, -0.15) is 0 Å². The van der Waals surface area contributed by atoms with E-state index in [1.54, 1.807) is 14.2 Å². The maximum Gasteiger partial charge on any atom is 0.360 e. The molecule has 0 saturated carbocycles. The Balaban J connectivity index is 2.09. The van der Waals surface area contributed by atoms with Crippen LogP contribution in [-0.4, -0.2) is 117 Å². The van der Waals surface area contributed by atoms with Crippen molar-refractivity contribution in [2.24, 2.45) is 0 Å². The lowest BCUT2D eigenvalue weighted by molar-refractivity contribution is 0.177. The molecule has 0 aliphatic carbocycles. The van der Waals surface area contributed by atoms with E-state index in [-0.39, 0.29) is 0 Å². The highest BCUT2D eigenvalue weighted by molar-refractivity contribution is 6.92. The van der Waals surface area contributed by atoms with Crippen LogP contribution in [0.4, 0.5) is 0 Å². The Morgan fingerprint density at radius 3 is 1.59 bits per heavy atom. The van der Waals surface area contributed by atoms with Crippen LogP contribution in [0.2, 0.25) is 6.55 Å². The minimum atomic E-state index is -2.31. The molecular formula is C21H38N4O2Si2. The number of benzene rings is 1. The molecule has 0 aromatic heterocycles. The third-order valence-electron chi connectivity index (χ3n) is 6.60. The molecule has 2 aliphatic rings. The van der Waals surface area contributed by atoms with Gasteiger partial charge in [-0.1, -0.05) is 36.0 Å². The van der Waals surface area contributed by atoms with Gasteiger partial charge in [-0.25, -0.2) is 0 Å². The van der Waals surface area contributed by atoms with E-state index in [2.05, 4.69) is 81.3 Å². The fourth-order valence-corrected chi connectivity index (χ4v) is 11.1. The Kier molecular flexibility index (Phi) is 7.85. The standard InChI is InChI=1S/C21H38N4O2Si2/c1-22-11-15-24(16-12-22)29(21-9-7-6-8-10-21,20-19-28(5,26-3)27-4)25-17-13-23(2)14-18-25/h6-10,19-20H,11-18H2,1-5H3. The van der Waals surface area contributed by atoms with Crippen molar-refractivity contribution in [3.8, 4) is 0 Å². The average Bonchev–Trinajstić information content (AvgIpc) is 2.77. The largest absolute Gasteiger partial charge is 0.395 e. The molecule has 0 atom stereocenters. The first kappa shape index (κ1) is 22.8. The third-order valence-corrected chi connectivity index (χ3v) is 14.0. The van der Waals surface area contributed by atoms with Gasteiger partial charge in [0.2, 0.25) is 0 Å². The molecule has 1 aromatic rings. The molecule has 0 bridgehead atoms. The zero-order valence-corrected chi connectivity index (χ0v) is 20.8. The van der Waals surface area contributed by atoms with Crippen LogP contribution < -0.4 is 5.19 Å². The zero-order chi connectivity index (χ0) is 20.9. The molecule has 6 nitrogen and oxygen atoms in total. The average molecular weight is 435 g/mol. The highest BCUT2D eigenvalue weighted by atomic mass is 28.4. The van der Waals surface area contributed by atoms with Crippen LogP contribution in [0.25, 0.3) is 0 Å². The summed E-state index contributed by atoms with van der Waals surface area (Å²) in [6.45, 7) is 11.0. The molecule has 0 amide bonds. The number of likely N-dealkylation sites (N-methyl/N-ethyl adjacent to an activating group) is 2. The van der Waals surface area contributed by atoms with Crippen LogP contribution in [0.3, 0.4) is 0 Å². The van der Waals surface area contributed by atoms with Gasteiger partial charge < -0.3 is 27.8 Å². The molecule has 1 aromatic carbocycles. The van der Waals surface area contributed by atoms with Crippen molar-refractivity contribution in [1.29, 1.82) is 0 Å². The maximum atomic E-state index is 5.83. The van der Waals surface area contributed by atoms with Gasteiger partial charge in [-0.3, -0.25) is 0 Å². The lowest BCUT2D eigenvalue weighted by atomic mass is 10.4. The Morgan fingerprint density at radius 1 is 0.724 bits per heavy atom. The summed E-state index contributed by atoms with van der Waals surface area (Å²) in [4.78, 5) is 4.88. The second kappa shape index (κ2) is 9.97. The summed E-state index contributed by atoms with van der Waals surface area (Å²) in [5.74, 6) is 0.